The molecule has 0 fully saturated rings. The smallest absolute Gasteiger partial charge is 0.0624 e. The minimum Gasteiger partial charge on any atom is -0.266 e. The molecule has 2 heteroatoms. The number of aromatic nitrogens is 2. The van der Waals surface area contributed by atoms with E-state index in [1.54, 1.807) is 0 Å². The molecule has 0 N–H and O–H groups in total. The lowest BCUT2D eigenvalue weighted by atomic mass is 10.2. The van der Waals surface area contributed by atoms with Gasteiger partial charge < -0.3 is 0 Å². The van der Waals surface area contributed by atoms with Gasteiger partial charge in [0.15, 0.2) is 0 Å². The van der Waals surface area contributed by atoms with Gasteiger partial charge in [-0.05, 0) is 24.5 Å². The summed E-state index contributed by atoms with van der Waals surface area (Å²) < 4.78 is 2.10. The highest BCUT2D eigenvalue weighted by Gasteiger charge is 2.02. The summed E-state index contributed by atoms with van der Waals surface area (Å²) in [6.07, 6.45) is 6.35. The zero-order valence-electron chi connectivity index (χ0n) is 11.1. The first-order valence-corrected chi connectivity index (χ1v) is 6.60. The summed E-state index contributed by atoms with van der Waals surface area (Å²) in [5.41, 5.74) is 3.72. The molecular weight excluding hydrogens is 220 g/mol. The monoisotopic (exact) mass is 240 g/mol. The minimum absolute atomic E-state index is 0.845. The van der Waals surface area contributed by atoms with E-state index in [2.05, 4.69) is 66.1 Å². The normalized spacial score (nSPS) is 11.2. The second-order valence-corrected chi connectivity index (χ2v) is 4.33. The van der Waals surface area contributed by atoms with Crippen molar-refractivity contribution in [1.82, 2.24) is 9.78 Å². The zero-order valence-corrected chi connectivity index (χ0v) is 11.1. The predicted octanol–water partition coefficient (Wildman–Crippen LogP) is 3.72. The molecule has 0 amide bonds. The standard InChI is InChI=1S/C16H20N2/c1-3-15-13-16(4-2)18(17-15)12-8-11-14-9-6-5-7-10-14/h5-11,13H,3-4,12H2,1-2H3/b11-8+. The molecule has 0 radical (unpaired) electrons. The van der Waals surface area contributed by atoms with Crippen LogP contribution in [-0.2, 0) is 19.4 Å². The average molecular weight is 240 g/mol. The highest BCUT2D eigenvalue weighted by Crippen LogP contribution is 2.07. The van der Waals surface area contributed by atoms with Crippen LogP contribution in [-0.4, -0.2) is 9.78 Å². The molecular formula is C16H20N2. The highest BCUT2D eigenvalue weighted by molar-refractivity contribution is 5.48. The fourth-order valence-electron chi connectivity index (χ4n) is 1.98. The topological polar surface area (TPSA) is 17.8 Å². The van der Waals surface area contributed by atoms with Crippen LogP contribution >= 0.6 is 0 Å². The molecule has 2 rings (SSSR count). The first-order chi connectivity index (χ1) is 8.83. The zero-order chi connectivity index (χ0) is 12.8. The lowest BCUT2D eigenvalue weighted by molar-refractivity contribution is 0.653. The molecule has 0 aliphatic carbocycles. The summed E-state index contributed by atoms with van der Waals surface area (Å²) in [5, 5.41) is 4.60. The van der Waals surface area contributed by atoms with Crippen molar-refractivity contribution in [2.45, 2.75) is 33.2 Å². The Labute approximate surface area is 109 Å². The fraction of sp³-hybridized carbons (Fsp3) is 0.312. The van der Waals surface area contributed by atoms with Crippen molar-refractivity contribution in [1.29, 1.82) is 0 Å². The minimum atomic E-state index is 0.845. The van der Waals surface area contributed by atoms with Gasteiger partial charge in [-0.1, -0.05) is 56.3 Å². The number of rotatable bonds is 5. The summed E-state index contributed by atoms with van der Waals surface area (Å²) in [6, 6.07) is 12.6. The molecule has 0 aliphatic rings. The van der Waals surface area contributed by atoms with Crippen LogP contribution < -0.4 is 0 Å². The SMILES string of the molecule is CCc1cc(CC)n(C/C=C/c2ccccc2)n1. The Morgan fingerprint density at radius 2 is 1.89 bits per heavy atom. The maximum atomic E-state index is 4.60. The van der Waals surface area contributed by atoms with E-state index in [4.69, 9.17) is 0 Å². The lowest BCUT2D eigenvalue weighted by Gasteiger charge is -2.01. The maximum Gasteiger partial charge on any atom is 0.0624 e. The van der Waals surface area contributed by atoms with Crippen molar-refractivity contribution in [2.24, 2.45) is 0 Å². The molecule has 0 bridgehead atoms. The van der Waals surface area contributed by atoms with Gasteiger partial charge in [-0.15, -0.1) is 0 Å². The molecule has 0 saturated heterocycles. The maximum absolute atomic E-state index is 4.60. The van der Waals surface area contributed by atoms with Gasteiger partial charge in [0.25, 0.3) is 0 Å². The van der Waals surface area contributed by atoms with E-state index in [1.165, 1.54) is 17.0 Å². The van der Waals surface area contributed by atoms with Crippen molar-refractivity contribution in [3.05, 3.63) is 59.4 Å². The molecule has 1 aromatic carbocycles. The number of allylic oxidation sites excluding steroid dienone is 1. The molecule has 0 saturated carbocycles. The third-order valence-electron chi connectivity index (χ3n) is 3.03. The quantitative estimate of drug-likeness (QED) is 0.778. The molecule has 0 spiro atoms. The van der Waals surface area contributed by atoms with Gasteiger partial charge in [0.1, 0.15) is 0 Å². The van der Waals surface area contributed by atoms with Crippen molar-refractivity contribution >= 4 is 6.08 Å². The second kappa shape index (κ2) is 6.20. The molecule has 94 valence electrons. The van der Waals surface area contributed by atoms with Crippen LogP contribution in [0.4, 0.5) is 0 Å². The van der Waals surface area contributed by atoms with E-state index >= 15 is 0 Å². The van der Waals surface area contributed by atoms with E-state index < -0.39 is 0 Å². The Kier molecular flexibility index (Phi) is 4.35. The van der Waals surface area contributed by atoms with E-state index in [-0.39, 0.29) is 0 Å². The van der Waals surface area contributed by atoms with Gasteiger partial charge in [0, 0.05) is 5.69 Å². The number of hydrogen-bond acceptors (Lipinski definition) is 1. The number of benzene rings is 1. The van der Waals surface area contributed by atoms with Crippen LogP contribution in [0.15, 0.2) is 42.5 Å². The van der Waals surface area contributed by atoms with Gasteiger partial charge in [0.05, 0.1) is 12.2 Å². The van der Waals surface area contributed by atoms with Crippen molar-refractivity contribution in [2.75, 3.05) is 0 Å². The molecule has 1 heterocycles. The van der Waals surface area contributed by atoms with Gasteiger partial charge in [0.2, 0.25) is 0 Å². The van der Waals surface area contributed by atoms with Gasteiger partial charge in [-0.2, -0.15) is 5.10 Å². The first-order valence-electron chi connectivity index (χ1n) is 6.60. The van der Waals surface area contributed by atoms with E-state index in [0.717, 1.165) is 19.4 Å². The molecule has 0 atom stereocenters. The molecule has 0 aliphatic heterocycles. The van der Waals surface area contributed by atoms with Gasteiger partial charge >= 0.3 is 0 Å². The van der Waals surface area contributed by atoms with Crippen LogP contribution in [0.1, 0.15) is 30.8 Å². The van der Waals surface area contributed by atoms with Gasteiger partial charge in [-0.25, -0.2) is 0 Å². The number of aryl methyl sites for hydroxylation is 2. The summed E-state index contributed by atoms with van der Waals surface area (Å²) in [5.74, 6) is 0. The summed E-state index contributed by atoms with van der Waals surface area (Å²) in [6.45, 7) is 5.16. The van der Waals surface area contributed by atoms with Crippen LogP contribution in [0, 0.1) is 0 Å². The molecule has 0 unspecified atom stereocenters. The Bertz CT molecular complexity index is 509. The Balaban J connectivity index is 2.05. The summed E-state index contributed by atoms with van der Waals surface area (Å²) in [4.78, 5) is 0. The number of nitrogens with zero attached hydrogens (tertiary/aromatic N) is 2. The third-order valence-corrected chi connectivity index (χ3v) is 3.03. The third kappa shape index (κ3) is 3.10. The van der Waals surface area contributed by atoms with Crippen molar-refractivity contribution < 1.29 is 0 Å². The molecule has 2 aromatic rings. The fourth-order valence-corrected chi connectivity index (χ4v) is 1.98. The van der Waals surface area contributed by atoms with Crippen LogP contribution in [0.25, 0.3) is 6.08 Å². The second-order valence-electron chi connectivity index (χ2n) is 4.33. The van der Waals surface area contributed by atoms with Crippen LogP contribution in [0.2, 0.25) is 0 Å². The van der Waals surface area contributed by atoms with Gasteiger partial charge in [-0.3, -0.25) is 4.68 Å². The van der Waals surface area contributed by atoms with E-state index in [1.807, 2.05) is 6.07 Å². The summed E-state index contributed by atoms with van der Waals surface area (Å²) in [7, 11) is 0. The Morgan fingerprint density at radius 1 is 1.11 bits per heavy atom. The lowest BCUT2D eigenvalue weighted by Crippen LogP contribution is -2.02. The summed E-state index contributed by atoms with van der Waals surface area (Å²) >= 11 is 0. The predicted molar refractivity (Wildman–Crippen MR) is 76.5 cm³/mol. The first kappa shape index (κ1) is 12.6. The van der Waals surface area contributed by atoms with E-state index in [0.29, 0.717) is 0 Å². The molecule has 1 aromatic heterocycles. The van der Waals surface area contributed by atoms with Crippen LogP contribution in [0.5, 0.6) is 0 Å². The van der Waals surface area contributed by atoms with Crippen LogP contribution in [0.3, 0.4) is 0 Å². The van der Waals surface area contributed by atoms with E-state index in [9.17, 15) is 0 Å². The highest BCUT2D eigenvalue weighted by atomic mass is 15.3. The largest absolute Gasteiger partial charge is 0.266 e. The molecule has 18 heavy (non-hydrogen) atoms. The Morgan fingerprint density at radius 3 is 2.56 bits per heavy atom. The Hall–Kier alpha value is -1.83. The molecule has 2 nitrogen and oxygen atoms in total. The average Bonchev–Trinajstić information content (AvgIpc) is 2.82. The van der Waals surface area contributed by atoms with Crippen molar-refractivity contribution in [3.8, 4) is 0 Å². The van der Waals surface area contributed by atoms with Crippen molar-refractivity contribution in [3.63, 3.8) is 0 Å². The number of hydrogen-bond donors (Lipinski definition) is 0.